The Bertz CT molecular complexity index is 603. The van der Waals surface area contributed by atoms with Crippen LogP contribution < -0.4 is 11.1 Å². The zero-order valence-electron chi connectivity index (χ0n) is 10.4. The molecule has 0 saturated heterocycles. The average Bonchev–Trinajstić information content (AvgIpc) is 2.42. The molecule has 1 heterocycles. The Hall–Kier alpha value is -1.69. The molecule has 19 heavy (non-hydrogen) atoms. The van der Waals surface area contributed by atoms with E-state index in [0.717, 1.165) is 5.39 Å². The van der Waals surface area contributed by atoms with Crippen molar-refractivity contribution in [2.45, 2.75) is 6.04 Å². The number of carbonyl (C=O) groups excluding carboxylic acids is 1. The summed E-state index contributed by atoms with van der Waals surface area (Å²) in [4.78, 5) is 16.1. The first-order chi connectivity index (χ1) is 9.13. The number of nitrogens with one attached hydrogen (secondary N) is 1. The Kier molecular flexibility index (Phi) is 4.31. The molecule has 0 radical (unpaired) electrons. The van der Waals surface area contributed by atoms with Gasteiger partial charge in [0.15, 0.2) is 0 Å². The van der Waals surface area contributed by atoms with Crippen LogP contribution in [0.5, 0.6) is 0 Å². The Morgan fingerprint density at radius 2 is 2.32 bits per heavy atom. The lowest BCUT2D eigenvalue weighted by atomic mass is 10.2. The number of nitrogens with two attached hydrogens (primary N) is 1. The van der Waals surface area contributed by atoms with Crippen LogP contribution in [0.1, 0.15) is 0 Å². The van der Waals surface area contributed by atoms with Crippen LogP contribution in [-0.2, 0) is 9.53 Å². The molecule has 0 fully saturated rings. The Morgan fingerprint density at radius 1 is 1.53 bits per heavy atom. The van der Waals surface area contributed by atoms with E-state index >= 15 is 0 Å². The summed E-state index contributed by atoms with van der Waals surface area (Å²) in [6, 6.07) is 6.32. The van der Waals surface area contributed by atoms with E-state index in [-0.39, 0.29) is 12.5 Å². The van der Waals surface area contributed by atoms with E-state index < -0.39 is 6.04 Å². The van der Waals surface area contributed by atoms with Crippen molar-refractivity contribution in [3.8, 4) is 0 Å². The van der Waals surface area contributed by atoms with Crippen LogP contribution in [0, 0.1) is 0 Å². The second-order valence-corrected chi connectivity index (χ2v) is 4.45. The number of benzene rings is 1. The molecular formula is C13H14ClN3O2. The lowest BCUT2D eigenvalue weighted by Crippen LogP contribution is -2.39. The Labute approximate surface area is 115 Å². The van der Waals surface area contributed by atoms with E-state index in [4.69, 9.17) is 22.1 Å². The minimum atomic E-state index is -0.723. The summed E-state index contributed by atoms with van der Waals surface area (Å²) in [6.45, 7) is 0.158. The summed E-state index contributed by atoms with van der Waals surface area (Å²) < 4.78 is 4.85. The van der Waals surface area contributed by atoms with Gasteiger partial charge in [-0.1, -0.05) is 11.6 Å². The molecule has 0 bridgehead atoms. The van der Waals surface area contributed by atoms with Gasteiger partial charge in [-0.25, -0.2) is 0 Å². The summed E-state index contributed by atoms with van der Waals surface area (Å²) in [5.74, 6) is -0.323. The van der Waals surface area contributed by atoms with Gasteiger partial charge in [-0.2, -0.15) is 0 Å². The molecular weight excluding hydrogens is 266 g/mol. The lowest BCUT2D eigenvalue weighted by Gasteiger charge is -2.13. The maximum atomic E-state index is 11.9. The van der Waals surface area contributed by atoms with Crippen molar-refractivity contribution in [2.75, 3.05) is 19.0 Å². The topological polar surface area (TPSA) is 77.2 Å². The van der Waals surface area contributed by atoms with Crippen molar-refractivity contribution in [2.24, 2.45) is 5.73 Å². The van der Waals surface area contributed by atoms with Crippen molar-refractivity contribution >= 4 is 34.1 Å². The van der Waals surface area contributed by atoms with Gasteiger partial charge in [-0.15, -0.1) is 0 Å². The fraction of sp³-hybridized carbons (Fsp3) is 0.231. The maximum absolute atomic E-state index is 11.9. The van der Waals surface area contributed by atoms with Gasteiger partial charge < -0.3 is 15.8 Å². The summed E-state index contributed by atoms with van der Waals surface area (Å²) in [7, 11) is 1.49. The molecule has 0 aliphatic heterocycles. The summed E-state index contributed by atoms with van der Waals surface area (Å²) in [5.41, 5.74) is 6.88. The van der Waals surface area contributed by atoms with Crippen molar-refractivity contribution in [3.63, 3.8) is 0 Å². The zero-order valence-corrected chi connectivity index (χ0v) is 11.1. The number of nitrogens with zero attached hydrogens (tertiary/aromatic N) is 1. The minimum Gasteiger partial charge on any atom is -0.383 e. The van der Waals surface area contributed by atoms with Gasteiger partial charge in [0, 0.05) is 18.7 Å². The Morgan fingerprint density at radius 3 is 3.05 bits per heavy atom. The molecule has 6 heteroatoms. The predicted octanol–water partition coefficient (Wildman–Crippen LogP) is 1.80. The van der Waals surface area contributed by atoms with Gasteiger partial charge >= 0.3 is 0 Å². The normalized spacial score (nSPS) is 12.4. The first-order valence-electron chi connectivity index (χ1n) is 5.72. The van der Waals surface area contributed by atoms with Crippen LogP contribution >= 0.6 is 11.6 Å². The van der Waals surface area contributed by atoms with Crippen LogP contribution in [0.3, 0.4) is 0 Å². The van der Waals surface area contributed by atoms with Gasteiger partial charge in [-0.3, -0.25) is 9.78 Å². The highest BCUT2D eigenvalue weighted by Gasteiger charge is 2.15. The number of carbonyl (C=O) groups is 1. The third-order valence-corrected chi connectivity index (χ3v) is 2.99. The third kappa shape index (κ3) is 3.01. The first-order valence-corrected chi connectivity index (χ1v) is 6.10. The van der Waals surface area contributed by atoms with Crippen LogP contribution in [0.25, 0.3) is 10.9 Å². The molecule has 100 valence electrons. The molecule has 0 saturated carbocycles. The highest BCUT2D eigenvalue weighted by atomic mass is 35.5. The summed E-state index contributed by atoms with van der Waals surface area (Å²) in [5, 5.41) is 4.10. The number of fused-ring (bicyclic) bond motifs is 1. The number of methoxy groups -OCH3 is 1. The maximum Gasteiger partial charge on any atom is 0.243 e. The quantitative estimate of drug-likeness (QED) is 0.895. The van der Waals surface area contributed by atoms with Gasteiger partial charge in [-0.05, 0) is 24.3 Å². The summed E-state index contributed by atoms with van der Waals surface area (Å²) in [6.07, 6.45) is 1.64. The molecule has 1 amide bonds. The van der Waals surface area contributed by atoms with Crippen molar-refractivity contribution in [1.82, 2.24) is 4.98 Å². The number of anilines is 1. The molecule has 5 nitrogen and oxygen atoms in total. The highest BCUT2D eigenvalue weighted by molar-refractivity contribution is 6.35. The lowest BCUT2D eigenvalue weighted by molar-refractivity contribution is -0.118. The van der Waals surface area contributed by atoms with Gasteiger partial charge in [0.25, 0.3) is 0 Å². The van der Waals surface area contributed by atoms with E-state index in [2.05, 4.69) is 10.3 Å². The standard InChI is InChI=1S/C13H14ClN3O2/c1-19-7-10(15)13(18)17-11-5-4-9(14)8-3-2-6-16-12(8)11/h2-6,10H,7,15H2,1H3,(H,17,18). The van der Waals surface area contributed by atoms with Crippen LogP contribution in [0.2, 0.25) is 5.02 Å². The SMILES string of the molecule is COCC(N)C(=O)Nc1ccc(Cl)c2cccnc12. The molecule has 1 unspecified atom stereocenters. The average molecular weight is 280 g/mol. The zero-order chi connectivity index (χ0) is 13.8. The molecule has 2 aromatic rings. The number of hydrogen-bond acceptors (Lipinski definition) is 4. The molecule has 3 N–H and O–H groups in total. The second-order valence-electron chi connectivity index (χ2n) is 4.05. The van der Waals surface area contributed by atoms with Crippen molar-refractivity contribution < 1.29 is 9.53 Å². The number of ether oxygens (including phenoxy) is 1. The third-order valence-electron chi connectivity index (χ3n) is 2.66. The smallest absolute Gasteiger partial charge is 0.243 e. The molecule has 0 aliphatic rings. The largest absolute Gasteiger partial charge is 0.383 e. The molecule has 2 rings (SSSR count). The van der Waals surface area contributed by atoms with Crippen molar-refractivity contribution in [1.29, 1.82) is 0 Å². The molecule has 1 atom stereocenters. The van der Waals surface area contributed by atoms with Gasteiger partial charge in [0.2, 0.25) is 5.91 Å². The fourth-order valence-corrected chi connectivity index (χ4v) is 1.93. The fourth-order valence-electron chi connectivity index (χ4n) is 1.72. The number of aromatic nitrogens is 1. The molecule has 1 aromatic heterocycles. The number of halogens is 1. The minimum absolute atomic E-state index is 0.158. The number of hydrogen-bond donors (Lipinski definition) is 2. The van der Waals surface area contributed by atoms with Gasteiger partial charge in [0.1, 0.15) is 6.04 Å². The van der Waals surface area contributed by atoms with Gasteiger partial charge in [0.05, 0.1) is 22.8 Å². The van der Waals surface area contributed by atoms with E-state index in [0.29, 0.717) is 16.2 Å². The molecule has 0 aliphatic carbocycles. The van der Waals surface area contributed by atoms with Crippen molar-refractivity contribution in [3.05, 3.63) is 35.5 Å². The molecule has 1 aromatic carbocycles. The van der Waals surface area contributed by atoms with Crippen LogP contribution in [-0.4, -0.2) is 30.6 Å². The highest BCUT2D eigenvalue weighted by Crippen LogP contribution is 2.27. The number of amides is 1. The van der Waals surface area contributed by atoms with E-state index in [1.165, 1.54) is 7.11 Å². The number of pyridine rings is 1. The van der Waals surface area contributed by atoms with E-state index in [9.17, 15) is 4.79 Å². The monoisotopic (exact) mass is 279 g/mol. The molecule has 0 spiro atoms. The van der Waals surface area contributed by atoms with E-state index in [1.807, 2.05) is 6.07 Å². The first kappa shape index (κ1) is 13.7. The predicted molar refractivity (Wildman–Crippen MR) is 75.2 cm³/mol. The number of rotatable bonds is 4. The Balaban J connectivity index is 2.31. The van der Waals surface area contributed by atoms with Crippen LogP contribution in [0.15, 0.2) is 30.5 Å². The second kappa shape index (κ2) is 5.97. The van der Waals surface area contributed by atoms with E-state index in [1.54, 1.807) is 24.4 Å². The summed E-state index contributed by atoms with van der Waals surface area (Å²) >= 11 is 6.08. The van der Waals surface area contributed by atoms with Crippen LogP contribution in [0.4, 0.5) is 5.69 Å².